The van der Waals surface area contributed by atoms with Gasteiger partial charge in [0, 0.05) is 24.3 Å². The maximum atomic E-state index is 12.1. The molecule has 9 heteroatoms. The molecule has 0 unspecified atom stereocenters. The van der Waals surface area contributed by atoms with Gasteiger partial charge in [0.2, 0.25) is 0 Å². The number of benzene rings is 1. The topological polar surface area (TPSA) is 72.1 Å². The maximum Gasteiger partial charge on any atom is 0.573 e. The number of hydrogen-bond donors (Lipinski definition) is 2. The van der Waals surface area contributed by atoms with Gasteiger partial charge >= 0.3 is 6.36 Å². The summed E-state index contributed by atoms with van der Waals surface area (Å²) in [5.41, 5.74) is 6.23. The molecule has 1 aliphatic rings. The third kappa shape index (κ3) is 6.43. The summed E-state index contributed by atoms with van der Waals surface area (Å²) in [4.78, 5) is 6.63. The van der Waals surface area contributed by atoms with Gasteiger partial charge in [0.05, 0.1) is 19.8 Å². The van der Waals surface area contributed by atoms with Gasteiger partial charge in [0.25, 0.3) is 0 Å². The Hall–Kier alpha value is -2.00. The quantitative estimate of drug-likeness (QED) is 0.623. The van der Waals surface area contributed by atoms with Crippen LogP contribution in [0.3, 0.4) is 0 Å². The first kappa shape index (κ1) is 19.3. The number of aliphatic imine (C=N–C) groups is 1. The lowest BCUT2D eigenvalue weighted by Crippen LogP contribution is -2.51. The monoisotopic (exact) mass is 360 g/mol. The molecular formula is C16H23F3N4O2. The first-order valence-electron chi connectivity index (χ1n) is 7.91. The zero-order valence-electron chi connectivity index (χ0n) is 14.3. The van der Waals surface area contributed by atoms with Crippen molar-refractivity contribution in [3.05, 3.63) is 24.3 Å². The Morgan fingerprint density at radius 2 is 1.84 bits per heavy atom. The third-order valence-electron chi connectivity index (χ3n) is 3.86. The zero-order valence-corrected chi connectivity index (χ0v) is 14.3. The van der Waals surface area contributed by atoms with Crippen LogP contribution in [0, 0.1) is 0 Å². The Kier molecular flexibility index (Phi) is 6.12. The second-order valence-electron chi connectivity index (χ2n) is 6.31. The highest BCUT2D eigenvalue weighted by molar-refractivity contribution is 5.92. The third-order valence-corrected chi connectivity index (χ3v) is 3.86. The molecule has 1 aliphatic heterocycles. The van der Waals surface area contributed by atoms with E-state index in [1.807, 2.05) is 0 Å². The van der Waals surface area contributed by atoms with E-state index in [1.165, 1.54) is 24.3 Å². The van der Waals surface area contributed by atoms with E-state index in [-0.39, 0.29) is 17.2 Å². The molecule has 0 spiro atoms. The van der Waals surface area contributed by atoms with E-state index in [1.54, 1.807) is 0 Å². The Balaban J connectivity index is 1.89. The van der Waals surface area contributed by atoms with Crippen molar-refractivity contribution in [3.8, 4) is 5.75 Å². The number of morpholine rings is 1. The van der Waals surface area contributed by atoms with Crippen LogP contribution in [0.4, 0.5) is 18.9 Å². The Morgan fingerprint density at radius 1 is 1.24 bits per heavy atom. The highest BCUT2D eigenvalue weighted by Gasteiger charge is 2.31. The van der Waals surface area contributed by atoms with Gasteiger partial charge in [-0.25, -0.2) is 0 Å². The predicted octanol–water partition coefficient (Wildman–Crippen LogP) is 2.42. The molecule has 0 bridgehead atoms. The second-order valence-corrected chi connectivity index (χ2v) is 6.31. The van der Waals surface area contributed by atoms with E-state index < -0.39 is 6.36 Å². The van der Waals surface area contributed by atoms with Crippen molar-refractivity contribution in [2.24, 2.45) is 10.7 Å². The Morgan fingerprint density at radius 3 is 2.40 bits per heavy atom. The minimum absolute atomic E-state index is 0.166. The first-order valence-corrected chi connectivity index (χ1v) is 7.91. The zero-order chi connectivity index (χ0) is 18.5. The van der Waals surface area contributed by atoms with E-state index in [0.29, 0.717) is 25.4 Å². The lowest BCUT2D eigenvalue weighted by Gasteiger charge is -2.39. The fourth-order valence-corrected chi connectivity index (χ4v) is 2.47. The average molecular weight is 360 g/mol. The molecule has 0 atom stereocenters. The normalized spacial score (nSPS) is 17.4. The molecule has 0 aromatic heterocycles. The standard InChI is InChI=1S/C16H23F3N4O2/c1-15(2,23-7-9-24-10-8-23)11-21-14(20)22-12-3-5-13(6-4-12)25-16(17,18)19/h3-6H,7-11H2,1-2H3,(H3,20,21,22). The molecule has 1 saturated heterocycles. The number of nitrogens with two attached hydrogens (primary N) is 1. The summed E-state index contributed by atoms with van der Waals surface area (Å²) in [5, 5.41) is 2.86. The Labute approximate surface area is 144 Å². The molecule has 1 aromatic rings. The SMILES string of the molecule is CC(C)(CN=C(N)Nc1ccc(OC(F)(F)F)cc1)N1CCOCC1. The molecular weight excluding hydrogens is 337 g/mol. The van der Waals surface area contributed by atoms with Crippen LogP contribution in [0.2, 0.25) is 0 Å². The molecule has 0 amide bonds. The molecule has 0 saturated carbocycles. The van der Waals surface area contributed by atoms with Crippen molar-refractivity contribution in [1.29, 1.82) is 0 Å². The van der Waals surface area contributed by atoms with Gasteiger partial charge in [-0.15, -0.1) is 13.2 Å². The lowest BCUT2D eigenvalue weighted by molar-refractivity contribution is -0.274. The predicted molar refractivity (Wildman–Crippen MR) is 89.7 cm³/mol. The summed E-state index contributed by atoms with van der Waals surface area (Å²) >= 11 is 0. The largest absolute Gasteiger partial charge is 0.573 e. The van der Waals surface area contributed by atoms with Crippen molar-refractivity contribution in [2.45, 2.75) is 25.7 Å². The molecule has 25 heavy (non-hydrogen) atoms. The molecule has 0 radical (unpaired) electrons. The highest BCUT2D eigenvalue weighted by Crippen LogP contribution is 2.24. The highest BCUT2D eigenvalue weighted by atomic mass is 19.4. The molecule has 3 N–H and O–H groups in total. The average Bonchev–Trinajstić information content (AvgIpc) is 2.54. The van der Waals surface area contributed by atoms with Crippen molar-refractivity contribution < 1.29 is 22.6 Å². The van der Waals surface area contributed by atoms with Gasteiger partial charge in [-0.2, -0.15) is 0 Å². The number of rotatable bonds is 5. The molecule has 1 heterocycles. The van der Waals surface area contributed by atoms with E-state index in [4.69, 9.17) is 10.5 Å². The van der Waals surface area contributed by atoms with E-state index in [2.05, 4.69) is 33.8 Å². The van der Waals surface area contributed by atoms with Gasteiger partial charge in [-0.3, -0.25) is 9.89 Å². The van der Waals surface area contributed by atoms with Crippen LogP contribution in [0.5, 0.6) is 5.75 Å². The van der Waals surface area contributed by atoms with Crippen molar-refractivity contribution in [1.82, 2.24) is 4.90 Å². The number of guanidine groups is 1. The smallest absolute Gasteiger partial charge is 0.406 e. The summed E-state index contributed by atoms with van der Waals surface area (Å²) in [6.45, 7) is 7.74. The van der Waals surface area contributed by atoms with Crippen molar-refractivity contribution in [2.75, 3.05) is 38.2 Å². The number of anilines is 1. The van der Waals surface area contributed by atoms with Crippen LogP contribution in [-0.4, -0.2) is 55.6 Å². The number of nitrogens with zero attached hydrogens (tertiary/aromatic N) is 2. The Bertz CT molecular complexity index is 582. The molecule has 0 aliphatic carbocycles. The molecule has 1 fully saturated rings. The number of ether oxygens (including phenoxy) is 2. The van der Waals surface area contributed by atoms with E-state index in [0.717, 1.165) is 13.1 Å². The fraction of sp³-hybridized carbons (Fsp3) is 0.562. The van der Waals surface area contributed by atoms with Crippen LogP contribution >= 0.6 is 0 Å². The van der Waals surface area contributed by atoms with Crippen LogP contribution in [0.15, 0.2) is 29.3 Å². The second kappa shape index (κ2) is 7.92. The van der Waals surface area contributed by atoms with Gasteiger partial charge in [0.1, 0.15) is 5.75 Å². The van der Waals surface area contributed by atoms with Crippen LogP contribution < -0.4 is 15.8 Å². The minimum Gasteiger partial charge on any atom is -0.406 e. The lowest BCUT2D eigenvalue weighted by atomic mass is 10.0. The van der Waals surface area contributed by atoms with Crippen LogP contribution in [0.25, 0.3) is 0 Å². The number of nitrogens with one attached hydrogen (secondary N) is 1. The summed E-state index contributed by atoms with van der Waals surface area (Å²) < 4.78 is 45.5. The maximum absolute atomic E-state index is 12.1. The molecule has 6 nitrogen and oxygen atoms in total. The van der Waals surface area contributed by atoms with E-state index >= 15 is 0 Å². The van der Waals surface area contributed by atoms with Crippen LogP contribution in [0.1, 0.15) is 13.8 Å². The molecule has 2 rings (SSSR count). The van der Waals surface area contributed by atoms with Crippen molar-refractivity contribution in [3.63, 3.8) is 0 Å². The summed E-state index contributed by atoms with van der Waals surface area (Å²) in [6, 6.07) is 5.30. The minimum atomic E-state index is -4.71. The van der Waals surface area contributed by atoms with Gasteiger partial charge in [0.15, 0.2) is 5.96 Å². The van der Waals surface area contributed by atoms with Gasteiger partial charge in [-0.1, -0.05) is 0 Å². The number of hydrogen-bond acceptors (Lipinski definition) is 4. The van der Waals surface area contributed by atoms with E-state index in [9.17, 15) is 13.2 Å². The number of halogens is 3. The summed E-state index contributed by atoms with van der Waals surface area (Å²) in [7, 11) is 0. The number of alkyl halides is 3. The van der Waals surface area contributed by atoms with Crippen LogP contribution in [-0.2, 0) is 4.74 Å². The van der Waals surface area contributed by atoms with Crippen molar-refractivity contribution >= 4 is 11.6 Å². The fourth-order valence-electron chi connectivity index (χ4n) is 2.47. The summed E-state index contributed by atoms with van der Waals surface area (Å²) in [5.74, 6) is -0.0900. The molecule has 1 aromatic carbocycles. The molecule has 140 valence electrons. The first-order chi connectivity index (χ1) is 11.7. The summed E-state index contributed by atoms with van der Waals surface area (Å²) in [6.07, 6.45) is -4.71. The van der Waals surface area contributed by atoms with Gasteiger partial charge < -0.3 is 20.5 Å². The van der Waals surface area contributed by atoms with Gasteiger partial charge in [-0.05, 0) is 38.1 Å².